The van der Waals surface area contributed by atoms with Crippen LogP contribution in [-0.2, 0) is 4.79 Å². The van der Waals surface area contributed by atoms with Crippen LogP contribution in [0.15, 0.2) is 42.5 Å². The SMILES string of the molecule is Cc1ccc(C)c(OCCCCC(=O)Nc2ccccc2C(=O)NC(C)C)c1. The van der Waals surface area contributed by atoms with E-state index in [1.165, 1.54) is 5.56 Å². The van der Waals surface area contributed by atoms with Crippen LogP contribution in [0.25, 0.3) is 0 Å². The Morgan fingerprint density at radius 2 is 1.79 bits per heavy atom. The molecule has 0 bridgehead atoms. The number of rotatable bonds is 9. The summed E-state index contributed by atoms with van der Waals surface area (Å²) in [6, 6.07) is 13.2. The fourth-order valence-electron chi connectivity index (χ4n) is 2.78. The lowest BCUT2D eigenvalue weighted by molar-refractivity contribution is -0.116. The molecule has 2 aromatic rings. The van der Waals surface area contributed by atoms with E-state index in [2.05, 4.69) is 16.7 Å². The molecule has 28 heavy (non-hydrogen) atoms. The Kier molecular flexibility index (Phi) is 8.05. The van der Waals surface area contributed by atoms with Crippen LogP contribution in [0.3, 0.4) is 0 Å². The lowest BCUT2D eigenvalue weighted by atomic mass is 10.1. The molecule has 2 rings (SSSR count). The lowest BCUT2D eigenvalue weighted by Crippen LogP contribution is -2.31. The monoisotopic (exact) mass is 382 g/mol. The number of unbranched alkanes of at least 4 members (excludes halogenated alkanes) is 1. The number of aryl methyl sites for hydroxylation is 2. The van der Waals surface area contributed by atoms with E-state index in [0.29, 0.717) is 24.3 Å². The van der Waals surface area contributed by atoms with Crippen molar-refractivity contribution >= 4 is 17.5 Å². The van der Waals surface area contributed by atoms with Crippen LogP contribution in [0.5, 0.6) is 5.75 Å². The summed E-state index contributed by atoms with van der Waals surface area (Å²) < 4.78 is 5.82. The molecule has 150 valence electrons. The van der Waals surface area contributed by atoms with Crippen molar-refractivity contribution in [2.75, 3.05) is 11.9 Å². The van der Waals surface area contributed by atoms with E-state index in [4.69, 9.17) is 4.74 Å². The highest BCUT2D eigenvalue weighted by Gasteiger charge is 2.13. The molecule has 0 aromatic heterocycles. The second kappa shape index (κ2) is 10.5. The van der Waals surface area contributed by atoms with Crippen LogP contribution in [0.4, 0.5) is 5.69 Å². The van der Waals surface area contributed by atoms with E-state index in [-0.39, 0.29) is 17.9 Å². The van der Waals surface area contributed by atoms with Gasteiger partial charge in [-0.3, -0.25) is 9.59 Å². The zero-order valence-electron chi connectivity index (χ0n) is 17.2. The normalized spacial score (nSPS) is 10.6. The number of carbonyl (C=O) groups is 2. The van der Waals surface area contributed by atoms with Gasteiger partial charge < -0.3 is 15.4 Å². The van der Waals surface area contributed by atoms with E-state index in [9.17, 15) is 9.59 Å². The zero-order valence-corrected chi connectivity index (χ0v) is 17.2. The molecule has 5 heteroatoms. The van der Waals surface area contributed by atoms with E-state index in [0.717, 1.165) is 24.2 Å². The Labute approximate surface area is 167 Å². The van der Waals surface area contributed by atoms with Crippen molar-refractivity contribution in [2.45, 2.75) is 53.0 Å². The maximum Gasteiger partial charge on any atom is 0.253 e. The Morgan fingerprint density at radius 3 is 2.54 bits per heavy atom. The molecule has 0 aliphatic rings. The Morgan fingerprint density at radius 1 is 1.04 bits per heavy atom. The van der Waals surface area contributed by atoms with Crippen molar-refractivity contribution in [3.8, 4) is 5.75 Å². The molecule has 0 heterocycles. The minimum Gasteiger partial charge on any atom is -0.493 e. The van der Waals surface area contributed by atoms with Gasteiger partial charge in [0, 0.05) is 12.5 Å². The van der Waals surface area contributed by atoms with Gasteiger partial charge >= 0.3 is 0 Å². The molecule has 2 aromatic carbocycles. The minimum absolute atomic E-state index is 0.0355. The molecule has 0 spiro atoms. The number of hydrogen-bond acceptors (Lipinski definition) is 3. The van der Waals surface area contributed by atoms with Gasteiger partial charge in [0.1, 0.15) is 5.75 Å². The fourth-order valence-corrected chi connectivity index (χ4v) is 2.78. The maximum absolute atomic E-state index is 12.3. The first-order valence-corrected chi connectivity index (χ1v) is 9.76. The summed E-state index contributed by atoms with van der Waals surface area (Å²) in [6.45, 7) is 8.44. The van der Waals surface area contributed by atoms with Crippen LogP contribution in [0, 0.1) is 13.8 Å². The average Bonchev–Trinajstić information content (AvgIpc) is 2.64. The molecular formula is C23H30N2O3. The van der Waals surface area contributed by atoms with Gasteiger partial charge in [0.15, 0.2) is 0 Å². The van der Waals surface area contributed by atoms with E-state index < -0.39 is 0 Å². The third-order valence-corrected chi connectivity index (χ3v) is 4.26. The molecule has 0 atom stereocenters. The number of carbonyl (C=O) groups excluding carboxylic acids is 2. The molecule has 2 N–H and O–H groups in total. The molecular weight excluding hydrogens is 352 g/mol. The van der Waals surface area contributed by atoms with Crippen molar-refractivity contribution < 1.29 is 14.3 Å². The topological polar surface area (TPSA) is 67.4 Å². The molecule has 0 saturated carbocycles. The molecule has 0 aliphatic carbocycles. The minimum atomic E-state index is -0.187. The van der Waals surface area contributed by atoms with Crippen molar-refractivity contribution in [1.29, 1.82) is 0 Å². The Bertz CT molecular complexity index is 815. The van der Waals surface area contributed by atoms with Gasteiger partial charge in [0.25, 0.3) is 5.91 Å². The van der Waals surface area contributed by atoms with Crippen molar-refractivity contribution in [2.24, 2.45) is 0 Å². The van der Waals surface area contributed by atoms with Crippen LogP contribution >= 0.6 is 0 Å². The number of benzene rings is 2. The van der Waals surface area contributed by atoms with Crippen LogP contribution in [0.1, 0.15) is 54.6 Å². The van der Waals surface area contributed by atoms with Gasteiger partial charge in [0.2, 0.25) is 5.91 Å². The average molecular weight is 383 g/mol. The van der Waals surface area contributed by atoms with Crippen molar-refractivity contribution in [3.05, 3.63) is 59.2 Å². The number of nitrogens with one attached hydrogen (secondary N) is 2. The summed E-state index contributed by atoms with van der Waals surface area (Å²) >= 11 is 0. The second-order valence-electron chi connectivity index (χ2n) is 7.30. The lowest BCUT2D eigenvalue weighted by Gasteiger charge is -2.13. The number of para-hydroxylation sites is 1. The first kappa shape index (κ1) is 21.5. The summed E-state index contributed by atoms with van der Waals surface area (Å²) in [6.07, 6.45) is 1.89. The van der Waals surface area contributed by atoms with Gasteiger partial charge in [-0.15, -0.1) is 0 Å². The smallest absolute Gasteiger partial charge is 0.253 e. The molecule has 0 saturated heterocycles. The van der Waals surface area contributed by atoms with Gasteiger partial charge in [-0.2, -0.15) is 0 Å². The summed E-state index contributed by atoms with van der Waals surface area (Å²) in [5.74, 6) is 0.610. The standard InChI is InChI=1S/C23H30N2O3/c1-16(2)24-23(27)19-9-5-6-10-20(19)25-22(26)11-7-8-14-28-21-15-17(3)12-13-18(21)4/h5-6,9-10,12-13,15-16H,7-8,11,14H2,1-4H3,(H,24,27)(H,25,26). The fraction of sp³-hybridized carbons (Fsp3) is 0.391. The molecule has 0 radical (unpaired) electrons. The van der Waals surface area contributed by atoms with Gasteiger partial charge in [0.05, 0.1) is 17.9 Å². The van der Waals surface area contributed by atoms with Gasteiger partial charge in [-0.25, -0.2) is 0 Å². The number of anilines is 1. The van der Waals surface area contributed by atoms with Crippen LogP contribution in [-0.4, -0.2) is 24.5 Å². The van der Waals surface area contributed by atoms with Crippen molar-refractivity contribution in [1.82, 2.24) is 5.32 Å². The Balaban J connectivity index is 1.79. The Hall–Kier alpha value is -2.82. The summed E-state index contributed by atoms with van der Waals surface area (Å²) in [5.41, 5.74) is 3.29. The molecule has 0 unspecified atom stereocenters. The zero-order chi connectivity index (χ0) is 20.5. The number of amides is 2. The highest BCUT2D eigenvalue weighted by molar-refractivity contribution is 6.03. The second-order valence-corrected chi connectivity index (χ2v) is 7.30. The largest absolute Gasteiger partial charge is 0.493 e. The van der Waals surface area contributed by atoms with Crippen LogP contribution in [0.2, 0.25) is 0 Å². The highest BCUT2D eigenvalue weighted by atomic mass is 16.5. The van der Waals surface area contributed by atoms with Crippen molar-refractivity contribution in [3.63, 3.8) is 0 Å². The van der Waals surface area contributed by atoms with Crippen LogP contribution < -0.4 is 15.4 Å². The maximum atomic E-state index is 12.3. The van der Waals surface area contributed by atoms with E-state index in [1.807, 2.05) is 39.8 Å². The van der Waals surface area contributed by atoms with Gasteiger partial charge in [-0.05, 0) is 69.9 Å². The first-order valence-electron chi connectivity index (χ1n) is 9.76. The number of ether oxygens (including phenoxy) is 1. The first-order chi connectivity index (χ1) is 13.4. The third kappa shape index (κ3) is 6.72. The van der Waals surface area contributed by atoms with Gasteiger partial charge in [-0.1, -0.05) is 24.3 Å². The number of hydrogen-bond donors (Lipinski definition) is 2. The van der Waals surface area contributed by atoms with E-state index in [1.54, 1.807) is 24.3 Å². The quantitative estimate of drug-likeness (QED) is 0.621. The molecule has 5 nitrogen and oxygen atoms in total. The summed E-state index contributed by atoms with van der Waals surface area (Å²) in [7, 11) is 0. The summed E-state index contributed by atoms with van der Waals surface area (Å²) in [5, 5.41) is 5.70. The predicted octanol–water partition coefficient (Wildman–Crippen LogP) is 4.63. The predicted molar refractivity (Wildman–Crippen MR) is 113 cm³/mol. The third-order valence-electron chi connectivity index (χ3n) is 4.26. The molecule has 0 aliphatic heterocycles. The highest BCUT2D eigenvalue weighted by Crippen LogP contribution is 2.20. The molecule has 0 fully saturated rings. The molecule has 2 amide bonds. The summed E-state index contributed by atoms with van der Waals surface area (Å²) in [4.78, 5) is 24.5. The van der Waals surface area contributed by atoms with E-state index >= 15 is 0 Å².